The predicted molar refractivity (Wildman–Crippen MR) is 128 cm³/mol. The number of nitrogens with one attached hydrogen (secondary N) is 1. The molecule has 0 saturated carbocycles. The van der Waals surface area contributed by atoms with E-state index in [1.54, 1.807) is 6.07 Å². The topological polar surface area (TPSA) is 57.3 Å². The van der Waals surface area contributed by atoms with Crippen molar-refractivity contribution in [1.82, 2.24) is 25.2 Å². The largest absolute Gasteiger partial charge is 0.475 e. The normalized spacial score (nSPS) is 17.4. The van der Waals surface area contributed by atoms with Crippen LogP contribution in [0.3, 0.4) is 0 Å². The summed E-state index contributed by atoms with van der Waals surface area (Å²) in [5.74, 6) is 0.706. The number of halogens is 2. The summed E-state index contributed by atoms with van der Waals surface area (Å²) in [7, 11) is 0. The molecule has 0 atom stereocenters. The predicted octanol–water partition coefficient (Wildman–Crippen LogP) is 5.32. The summed E-state index contributed by atoms with van der Waals surface area (Å²) >= 11 is 12.1. The van der Waals surface area contributed by atoms with Crippen LogP contribution in [0, 0.1) is 5.41 Å². The molecule has 8 heteroatoms. The van der Waals surface area contributed by atoms with Gasteiger partial charge in [-0.15, -0.1) is 0 Å². The molecule has 3 aromatic rings. The van der Waals surface area contributed by atoms with Crippen LogP contribution >= 0.6 is 23.2 Å². The van der Waals surface area contributed by atoms with E-state index in [0.29, 0.717) is 28.0 Å². The van der Waals surface area contributed by atoms with Crippen molar-refractivity contribution in [3.05, 3.63) is 76.6 Å². The molecule has 0 amide bonds. The molecule has 2 saturated heterocycles. The van der Waals surface area contributed by atoms with Crippen LogP contribution in [0.2, 0.25) is 10.0 Å². The Morgan fingerprint density at radius 1 is 0.969 bits per heavy atom. The first-order chi connectivity index (χ1) is 15.4. The van der Waals surface area contributed by atoms with Crippen LogP contribution in [0.15, 0.2) is 55.4 Å². The van der Waals surface area contributed by atoms with Gasteiger partial charge in [0.05, 0.1) is 0 Å². The number of hydrogen-bond acceptors (Lipinski definition) is 5. The van der Waals surface area contributed by atoms with Crippen LogP contribution in [0.1, 0.15) is 24.0 Å². The van der Waals surface area contributed by atoms with Crippen molar-refractivity contribution in [2.24, 2.45) is 5.41 Å². The van der Waals surface area contributed by atoms with Gasteiger partial charge in [-0.25, -0.2) is 0 Å². The van der Waals surface area contributed by atoms with Crippen LogP contribution in [0.4, 0.5) is 0 Å². The third-order valence-electron chi connectivity index (χ3n) is 6.59. The van der Waals surface area contributed by atoms with Gasteiger partial charge in [0.25, 0.3) is 0 Å². The second-order valence-corrected chi connectivity index (χ2v) is 9.65. The molecule has 2 aliphatic heterocycles. The van der Waals surface area contributed by atoms with Gasteiger partial charge in [0, 0.05) is 47.3 Å². The molecule has 0 bridgehead atoms. The Morgan fingerprint density at radius 2 is 1.66 bits per heavy atom. The van der Waals surface area contributed by atoms with Crippen LogP contribution in [-0.4, -0.2) is 51.4 Å². The highest BCUT2D eigenvalue weighted by Crippen LogP contribution is 2.44. The molecule has 3 heterocycles. The quantitative estimate of drug-likeness (QED) is 0.494. The molecule has 0 radical (unpaired) electrons. The molecule has 1 aromatic heterocycles. The van der Waals surface area contributed by atoms with Crippen molar-refractivity contribution in [2.75, 3.05) is 26.2 Å². The molecule has 1 N–H and O–H groups in total. The fourth-order valence-corrected chi connectivity index (χ4v) is 5.23. The minimum absolute atomic E-state index is 0.345. The second kappa shape index (κ2) is 8.34. The number of rotatable bonds is 6. The van der Waals surface area contributed by atoms with Crippen molar-refractivity contribution >= 4 is 39.9 Å². The zero-order valence-electron chi connectivity index (χ0n) is 17.8. The third-order valence-corrected chi connectivity index (χ3v) is 7.02. The van der Waals surface area contributed by atoms with Crippen LogP contribution in [0.5, 0.6) is 0 Å². The lowest BCUT2D eigenvalue weighted by molar-refractivity contribution is -0.0225. The van der Waals surface area contributed by atoms with Gasteiger partial charge in [-0.05, 0) is 60.9 Å². The smallest absolute Gasteiger partial charge is 0.182 e. The number of nitrogens with zero attached hydrogens (tertiary/aromatic N) is 4. The van der Waals surface area contributed by atoms with E-state index < -0.39 is 0 Å². The van der Waals surface area contributed by atoms with E-state index in [1.165, 1.54) is 0 Å². The molecule has 0 unspecified atom stereocenters. The molecule has 0 aliphatic carbocycles. The third kappa shape index (κ3) is 4.17. The van der Waals surface area contributed by atoms with Gasteiger partial charge in [-0.2, -0.15) is 15.4 Å². The van der Waals surface area contributed by atoms with E-state index in [1.807, 2.05) is 24.3 Å². The van der Waals surface area contributed by atoms with Crippen LogP contribution in [0.25, 0.3) is 16.7 Å². The first kappa shape index (κ1) is 21.2. The Morgan fingerprint density at radius 3 is 2.38 bits per heavy atom. The molecule has 5 rings (SSSR count). The van der Waals surface area contributed by atoms with Crippen molar-refractivity contribution in [1.29, 1.82) is 0 Å². The van der Waals surface area contributed by atoms with E-state index in [2.05, 4.69) is 44.4 Å². The molecule has 6 nitrogen and oxygen atoms in total. The Bertz CT molecular complexity index is 1150. The summed E-state index contributed by atoms with van der Waals surface area (Å²) in [6, 6.07) is 11.5. The number of piperidine rings is 1. The van der Waals surface area contributed by atoms with Crippen LogP contribution < -0.4 is 0 Å². The molecule has 1 spiro atoms. The van der Waals surface area contributed by atoms with Gasteiger partial charge in [0.15, 0.2) is 5.88 Å². The Balaban J connectivity index is 1.11. The lowest BCUT2D eigenvalue weighted by Crippen LogP contribution is -2.59. The van der Waals surface area contributed by atoms with Gasteiger partial charge in [0.1, 0.15) is 17.6 Å². The van der Waals surface area contributed by atoms with E-state index in [9.17, 15) is 0 Å². The summed E-state index contributed by atoms with van der Waals surface area (Å²) in [6.45, 7) is 12.8. The standard InChI is InChI=1S/C24H25Cl2N5O/c1-16(19-3-4-22-23(11-19)28-29-27-22)31-14-24(15-31)5-7-30(8-6-24)17(2)32-13-18-9-20(25)12-21(26)10-18/h3-4,9-12H,1-2,5-8,13-15H2,(H,27,28,29). The number of aromatic amines is 1. The first-order valence-corrected chi connectivity index (χ1v) is 11.4. The number of likely N-dealkylation sites (tertiary alicyclic amines) is 2. The summed E-state index contributed by atoms with van der Waals surface area (Å²) < 4.78 is 5.92. The van der Waals surface area contributed by atoms with Crippen molar-refractivity contribution in [3.63, 3.8) is 0 Å². The molecule has 2 aromatic carbocycles. The highest BCUT2D eigenvalue weighted by Gasteiger charge is 2.45. The fourth-order valence-electron chi connectivity index (χ4n) is 4.66. The van der Waals surface area contributed by atoms with Crippen molar-refractivity contribution in [3.8, 4) is 0 Å². The highest BCUT2D eigenvalue weighted by molar-refractivity contribution is 6.34. The van der Waals surface area contributed by atoms with Gasteiger partial charge in [0.2, 0.25) is 0 Å². The molecular formula is C24H25Cl2N5O. The maximum Gasteiger partial charge on any atom is 0.182 e. The molecule has 2 aliphatic rings. The Hall–Kier alpha value is -2.70. The fraction of sp³-hybridized carbons (Fsp3) is 0.333. The maximum atomic E-state index is 6.07. The lowest BCUT2D eigenvalue weighted by Gasteiger charge is -2.55. The number of ether oxygens (including phenoxy) is 1. The molecule has 32 heavy (non-hydrogen) atoms. The van der Waals surface area contributed by atoms with E-state index in [-0.39, 0.29) is 0 Å². The number of H-pyrrole nitrogens is 1. The summed E-state index contributed by atoms with van der Waals surface area (Å²) in [5.41, 5.74) is 5.17. The van der Waals surface area contributed by atoms with Crippen molar-refractivity contribution in [2.45, 2.75) is 19.4 Å². The number of benzene rings is 2. The number of fused-ring (bicyclic) bond motifs is 1. The maximum absolute atomic E-state index is 6.07. The van der Waals surface area contributed by atoms with Gasteiger partial charge in [-0.1, -0.05) is 35.8 Å². The lowest BCUT2D eigenvalue weighted by atomic mass is 9.71. The van der Waals surface area contributed by atoms with Gasteiger partial charge in [-0.3, -0.25) is 0 Å². The minimum atomic E-state index is 0.345. The number of aromatic nitrogens is 3. The van der Waals surface area contributed by atoms with E-state index >= 15 is 0 Å². The average Bonchev–Trinajstić information content (AvgIpc) is 3.23. The summed E-state index contributed by atoms with van der Waals surface area (Å²) in [5, 5.41) is 12.2. The highest BCUT2D eigenvalue weighted by atomic mass is 35.5. The van der Waals surface area contributed by atoms with E-state index in [0.717, 1.165) is 66.9 Å². The SMILES string of the molecule is C=C(OCc1cc(Cl)cc(Cl)c1)N1CCC2(CC1)CN(C(=C)c1ccc3n[nH]nc3c1)C2. The minimum Gasteiger partial charge on any atom is -0.475 e. The zero-order chi connectivity index (χ0) is 22.3. The number of hydrogen-bond donors (Lipinski definition) is 1. The first-order valence-electron chi connectivity index (χ1n) is 10.7. The Labute approximate surface area is 197 Å². The van der Waals surface area contributed by atoms with Gasteiger partial charge >= 0.3 is 0 Å². The van der Waals surface area contributed by atoms with Crippen molar-refractivity contribution < 1.29 is 4.74 Å². The summed E-state index contributed by atoms with van der Waals surface area (Å²) in [6.07, 6.45) is 2.23. The zero-order valence-corrected chi connectivity index (χ0v) is 19.3. The monoisotopic (exact) mass is 469 g/mol. The molecule has 166 valence electrons. The van der Waals surface area contributed by atoms with Crippen LogP contribution in [-0.2, 0) is 11.3 Å². The Kier molecular flexibility index (Phi) is 5.51. The van der Waals surface area contributed by atoms with Gasteiger partial charge < -0.3 is 14.5 Å². The second-order valence-electron chi connectivity index (χ2n) is 8.78. The van der Waals surface area contributed by atoms with E-state index in [4.69, 9.17) is 27.9 Å². The average molecular weight is 470 g/mol. The molecular weight excluding hydrogens is 445 g/mol. The molecule has 2 fully saturated rings. The summed E-state index contributed by atoms with van der Waals surface area (Å²) in [4.78, 5) is 4.60.